The van der Waals surface area contributed by atoms with Crippen molar-refractivity contribution in [3.63, 3.8) is 0 Å². The average Bonchev–Trinajstić information content (AvgIpc) is 2.36. The monoisotopic (exact) mass is 285 g/mol. The molecule has 19 heavy (non-hydrogen) atoms. The van der Waals surface area contributed by atoms with E-state index in [1.165, 1.54) is 12.1 Å². The molecular weight excluding hydrogens is 266 g/mol. The summed E-state index contributed by atoms with van der Waals surface area (Å²) in [4.78, 5) is 11.3. The molecule has 0 aliphatic rings. The third-order valence-corrected chi connectivity index (χ3v) is 4.21. The first-order valence-electron chi connectivity index (χ1n) is 5.77. The van der Waals surface area contributed by atoms with Crippen LogP contribution in [0.1, 0.15) is 19.4 Å². The van der Waals surface area contributed by atoms with Gasteiger partial charge in [-0.2, -0.15) is 0 Å². The molecule has 0 radical (unpaired) electrons. The van der Waals surface area contributed by atoms with Crippen molar-refractivity contribution in [1.82, 2.24) is 4.72 Å². The predicted octanol–water partition coefficient (Wildman–Crippen LogP) is -0.0649. The number of rotatable bonds is 6. The van der Waals surface area contributed by atoms with Gasteiger partial charge in [0.1, 0.15) is 0 Å². The van der Waals surface area contributed by atoms with Gasteiger partial charge in [0.05, 0.1) is 10.3 Å². The molecule has 1 aromatic rings. The minimum absolute atomic E-state index is 0.0580. The summed E-state index contributed by atoms with van der Waals surface area (Å²) in [6.07, 6.45) is 0. The van der Waals surface area contributed by atoms with Crippen molar-refractivity contribution in [2.45, 2.75) is 25.3 Å². The summed E-state index contributed by atoms with van der Waals surface area (Å²) in [6.45, 7) is 3.36. The molecule has 0 atom stereocenters. The van der Waals surface area contributed by atoms with E-state index in [-0.39, 0.29) is 18.0 Å². The number of nitrogens with one attached hydrogen (secondary N) is 1. The van der Waals surface area contributed by atoms with Gasteiger partial charge in [0, 0.05) is 13.1 Å². The number of amides is 1. The lowest BCUT2D eigenvalue weighted by Crippen LogP contribution is -2.42. The van der Waals surface area contributed by atoms with Gasteiger partial charge in [-0.25, -0.2) is 13.1 Å². The molecule has 6 nitrogen and oxygen atoms in total. The molecule has 1 amide bonds. The van der Waals surface area contributed by atoms with Crippen LogP contribution >= 0.6 is 0 Å². The number of carbonyl (C=O) groups is 1. The third-order valence-electron chi connectivity index (χ3n) is 2.82. The fourth-order valence-electron chi connectivity index (χ4n) is 1.29. The lowest BCUT2D eigenvalue weighted by Gasteiger charge is -2.20. The van der Waals surface area contributed by atoms with E-state index in [0.29, 0.717) is 0 Å². The Hall–Kier alpha value is -1.44. The number of hydrogen-bond donors (Lipinski definition) is 3. The normalized spacial score (nSPS) is 12.4. The fraction of sp³-hybridized carbons (Fsp3) is 0.417. The molecule has 1 aromatic carbocycles. The minimum atomic E-state index is -3.67. The molecule has 0 heterocycles. The standard InChI is InChI=1S/C12H19N3O3S/c1-12(2,11(14)16)8-15-19(17,18)10-5-3-4-9(6-10)7-13/h3-6,15H,7-8,13H2,1-2H3,(H2,14,16). The molecule has 0 saturated carbocycles. The van der Waals surface area contributed by atoms with E-state index in [1.54, 1.807) is 26.0 Å². The maximum absolute atomic E-state index is 12.1. The van der Waals surface area contributed by atoms with Crippen LogP contribution in [0.15, 0.2) is 29.2 Å². The molecule has 0 aliphatic heterocycles. The SMILES string of the molecule is CC(C)(CNS(=O)(=O)c1cccc(CN)c1)C(N)=O. The first-order valence-corrected chi connectivity index (χ1v) is 7.26. The molecule has 0 fully saturated rings. The van der Waals surface area contributed by atoms with Gasteiger partial charge in [0.15, 0.2) is 0 Å². The van der Waals surface area contributed by atoms with Gasteiger partial charge >= 0.3 is 0 Å². The van der Waals surface area contributed by atoms with Crippen molar-refractivity contribution in [3.8, 4) is 0 Å². The van der Waals surface area contributed by atoms with E-state index in [1.807, 2.05) is 0 Å². The van der Waals surface area contributed by atoms with Crippen LogP contribution in [-0.2, 0) is 21.4 Å². The summed E-state index contributed by atoms with van der Waals surface area (Å²) in [5.41, 5.74) is 10.4. The van der Waals surface area contributed by atoms with Crippen molar-refractivity contribution in [2.75, 3.05) is 6.54 Å². The summed E-state index contributed by atoms with van der Waals surface area (Å²) < 4.78 is 26.5. The fourth-order valence-corrected chi connectivity index (χ4v) is 2.57. The van der Waals surface area contributed by atoms with Crippen molar-refractivity contribution < 1.29 is 13.2 Å². The van der Waals surface area contributed by atoms with E-state index in [4.69, 9.17) is 11.5 Å². The second-order valence-corrected chi connectivity index (χ2v) is 6.69. The number of benzene rings is 1. The zero-order valence-electron chi connectivity index (χ0n) is 11.0. The van der Waals surface area contributed by atoms with Crippen LogP contribution in [0.5, 0.6) is 0 Å². The number of sulfonamides is 1. The maximum atomic E-state index is 12.1. The molecule has 1 rings (SSSR count). The zero-order chi connectivity index (χ0) is 14.7. The van der Waals surface area contributed by atoms with Crippen LogP contribution in [0.2, 0.25) is 0 Å². The summed E-state index contributed by atoms with van der Waals surface area (Å²) in [6, 6.07) is 6.33. The Bertz CT molecular complexity index is 567. The quantitative estimate of drug-likeness (QED) is 0.678. The van der Waals surface area contributed by atoms with Crippen LogP contribution < -0.4 is 16.2 Å². The van der Waals surface area contributed by atoms with Gasteiger partial charge in [-0.1, -0.05) is 12.1 Å². The van der Waals surface area contributed by atoms with E-state index < -0.39 is 21.3 Å². The average molecular weight is 285 g/mol. The molecular formula is C12H19N3O3S. The molecule has 0 saturated heterocycles. The van der Waals surface area contributed by atoms with Gasteiger partial charge in [-0.15, -0.1) is 0 Å². The van der Waals surface area contributed by atoms with Crippen LogP contribution in [0.4, 0.5) is 0 Å². The molecule has 0 aliphatic carbocycles. The minimum Gasteiger partial charge on any atom is -0.369 e. The van der Waals surface area contributed by atoms with Gasteiger partial charge in [0.2, 0.25) is 15.9 Å². The Kier molecular flexibility index (Phi) is 4.67. The van der Waals surface area contributed by atoms with Crippen LogP contribution in [0, 0.1) is 5.41 Å². The van der Waals surface area contributed by atoms with E-state index in [9.17, 15) is 13.2 Å². The summed E-state index contributed by atoms with van der Waals surface area (Å²) in [5, 5.41) is 0. The lowest BCUT2D eigenvalue weighted by molar-refractivity contribution is -0.125. The highest BCUT2D eigenvalue weighted by molar-refractivity contribution is 7.89. The largest absolute Gasteiger partial charge is 0.369 e. The van der Waals surface area contributed by atoms with Crippen LogP contribution in [0.3, 0.4) is 0 Å². The molecule has 7 heteroatoms. The van der Waals surface area contributed by atoms with Gasteiger partial charge in [-0.3, -0.25) is 4.79 Å². The molecule has 0 unspecified atom stereocenters. The Morgan fingerprint density at radius 2 is 2.00 bits per heavy atom. The topological polar surface area (TPSA) is 115 Å². The third kappa shape index (κ3) is 4.02. The molecule has 0 bridgehead atoms. The molecule has 106 valence electrons. The first-order chi connectivity index (χ1) is 8.69. The smallest absolute Gasteiger partial charge is 0.240 e. The highest BCUT2D eigenvalue weighted by Gasteiger charge is 2.27. The van der Waals surface area contributed by atoms with E-state index in [2.05, 4.69) is 4.72 Å². The lowest BCUT2D eigenvalue weighted by atomic mass is 9.93. The Labute approximate surface area is 113 Å². The zero-order valence-corrected chi connectivity index (χ0v) is 11.8. The van der Waals surface area contributed by atoms with Gasteiger partial charge < -0.3 is 11.5 Å². The summed E-state index contributed by atoms with van der Waals surface area (Å²) >= 11 is 0. The number of nitrogens with two attached hydrogens (primary N) is 2. The van der Waals surface area contributed by atoms with Crippen LogP contribution in [-0.4, -0.2) is 20.9 Å². The van der Waals surface area contributed by atoms with E-state index >= 15 is 0 Å². The number of primary amides is 1. The number of hydrogen-bond acceptors (Lipinski definition) is 4. The van der Waals surface area contributed by atoms with Gasteiger partial charge in [-0.05, 0) is 31.5 Å². The predicted molar refractivity (Wildman–Crippen MR) is 72.5 cm³/mol. The highest BCUT2D eigenvalue weighted by atomic mass is 32.2. The molecule has 0 aromatic heterocycles. The van der Waals surface area contributed by atoms with Gasteiger partial charge in [0.25, 0.3) is 0 Å². The summed E-state index contributed by atoms with van der Waals surface area (Å²) in [5.74, 6) is -0.564. The van der Waals surface area contributed by atoms with Crippen molar-refractivity contribution in [1.29, 1.82) is 0 Å². The second kappa shape index (κ2) is 5.68. The van der Waals surface area contributed by atoms with Crippen LogP contribution in [0.25, 0.3) is 0 Å². The Balaban J connectivity index is 2.90. The van der Waals surface area contributed by atoms with Crippen molar-refractivity contribution in [2.24, 2.45) is 16.9 Å². The second-order valence-electron chi connectivity index (χ2n) is 4.92. The molecule has 5 N–H and O–H groups in total. The Morgan fingerprint density at radius 3 is 2.53 bits per heavy atom. The summed E-state index contributed by atoms with van der Waals surface area (Å²) in [7, 11) is -3.67. The molecule has 0 spiro atoms. The Morgan fingerprint density at radius 1 is 1.37 bits per heavy atom. The number of carbonyl (C=O) groups excluding carboxylic acids is 1. The van der Waals surface area contributed by atoms with Crippen molar-refractivity contribution in [3.05, 3.63) is 29.8 Å². The van der Waals surface area contributed by atoms with Crippen molar-refractivity contribution >= 4 is 15.9 Å². The highest BCUT2D eigenvalue weighted by Crippen LogP contribution is 2.15. The van der Waals surface area contributed by atoms with E-state index in [0.717, 1.165) is 5.56 Å². The maximum Gasteiger partial charge on any atom is 0.240 e. The first kappa shape index (κ1) is 15.6.